The maximum absolute atomic E-state index is 13.7. The normalized spacial score (nSPS) is 14.2. The molecule has 4 rings (SSSR count). The average molecular weight is 535 g/mol. The van der Waals surface area contributed by atoms with Gasteiger partial charge in [0.1, 0.15) is 0 Å². The number of hydroxylamine groups is 1. The molecule has 1 aliphatic heterocycles. The van der Waals surface area contributed by atoms with E-state index in [1.54, 1.807) is 5.48 Å². The van der Waals surface area contributed by atoms with E-state index in [1.165, 1.54) is 5.39 Å². The minimum Gasteiger partial charge on any atom is -0.361 e. The fourth-order valence-corrected chi connectivity index (χ4v) is 5.04. The van der Waals surface area contributed by atoms with Gasteiger partial charge < -0.3 is 14.8 Å². The first-order valence-electron chi connectivity index (χ1n) is 14.0. The Morgan fingerprint density at radius 1 is 0.897 bits per heavy atom. The van der Waals surface area contributed by atoms with Crippen molar-refractivity contribution in [3.05, 3.63) is 54.7 Å². The van der Waals surface area contributed by atoms with Gasteiger partial charge >= 0.3 is 6.03 Å². The van der Waals surface area contributed by atoms with Gasteiger partial charge in [-0.1, -0.05) is 37.1 Å². The van der Waals surface area contributed by atoms with Crippen molar-refractivity contribution in [1.82, 2.24) is 25.2 Å². The van der Waals surface area contributed by atoms with Gasteiger partial charge in [-0.3, -0.25) is 19.8 Å². The number of rotatable bonds is 12. The minimum atomic E-state index is -0.355. The lowest BCUT2D eigenvalue weighted by Crippen LogP contribution is -2.53. The van der Waals surface area contributed by atoms with Gasteiger partial charge in [-0.15, -0.1) is 0 Å². The van der Waals surface area contributed by atoms with Gasteiger partial charge in [-0.2, -0.15) is 0 Å². The van der Waals surface area contributed by atoms with Crippen molar-refractivity contribution in [3.63, 3.8) is 0 Å². The van der Waals surface area contributed by atoms with E-state index in [9.17, 15) is 9.59 Å². The molecule has 1 aliphatic rings. The number of anilines is 1. The van der Waals surface area contributed by atoms with Crippen LogP contribution in [0.3, 0.4) is 0 Å². The lowest BCUT2D eigenvalue weighted by Gasteiger charge is -2.38. The molecule has 0 atom stereocenters. The lowest BCUT2D eigenvalue weighted by molar-refractivity contribution is -0.129. The number of carbonyl (C=O) groups excluding carboxylic acids is 2. The molecule has 1 fully saturated rings. The number of likely N-dealkylation sites (N-methyl/N-ethyl adjacent to an activating group) is 1. The Hall–Kier alpha value is -3.40. The number of unbranched alkanes of at least 4 members (excludes halogenated alkanes) is 3. The molecule has 0 aliphatic carbocycles. The minimum absolute atomic E-state index is 0.0578. The Labute approximate surface area is 231 Å². The van der Waals surface area contributed by atoms with Crippen LogP contribution in [0.15, 0.2) is 54.7 Å². The number of nitrogens with zero attached hydrogens (tertiary/aromatic N) is 4. The number of piperazine rings is 1. The molecule has 9 heteroatoms. The Balaban J connectivity index is 1.41. The van der Waals surface area contributed by atoms with Gasteiger partial charge in [-0.05, 0) is 67.7 Å². The Morgan fingerprint density at radius 2 is 1.62 bits per heavy atom. The summed E-state index contributed by atoms with van der Waals surface area (Å²) in [5.41, 5.74) is 5.94. The molecule has 0 unspecified atom stereocenters. The summed E-state index contributed by atoms with van der Waals surface area (Å²) in [6.45, 7) is 5.90. The van der Waals surface area contributed by atoms with Gasteiger partial charge in [-0.25, -0.2) is 10.3 Å². The largest absolute Gasteiger partial charge is 0.361 e. The molecule has 3 N–H and O–H groups in total. The Bertz CT molecular complexity index is 1200. The number of amides is 3. The average Bonchev–Trinajstić information content (AvgIpc) is 3.44. The molecular weight excluding hydrogens is 492 g/mol. The first kappa shape index (κ1) is 28.6. The molecule has 210 valence electrons. The van der Waals surface area contributed by atoms with Crippen LogP contribution < -0.4 is 10.4 Å². The summed E-state index contributed by atoms with van der Waals surface area (Å²) in [6.07, 6.45) is 5.61. The quantitative estimate of drug-likeness (QED) is 0.182. The van der Waals surface area contributed by atoms with Crippen LogP contribution in [0.25, 0.3) is 22.0 Å². The number of urea groups is 1. The molecule has 1 saturated heterocycles. The number of aromatic amines is 1. The summed E-state index contributed by atoms with van der Waals surface area (Å²) in [5.74, 6) is -0.355. The third kappa shape index (κ3) is 8.05. The molecule has 0 spiro atoms. The van der Waals surface area contributed by atoms with E-state index in [1.807, 2.05) is 28.1 Å². The predicted molar refractivity (Wildman–Crippen MR) is 156 cm³/mol. The van der Waals surface area contributed by atoms with Crippen molar-refractivity contribution >= 4 is 28.5 Å². The number of H-pyrrole nitrogens is 1. The highest BCUT2D eigenvalue weighted by Gasteiger charge is 2.26. The molecule has 1 aromatic heterocycles. The summed E-state index contributed by atoms with van der Waals surface area (Å²) in [4.78, 5) is 36.8. The van der Waals surface area contributed by atoms with E-state index in [0.717, 1.165) is 87.3 Å². The first-order valence-corrected chi connectivity index (χ1v) is 14.0. The highest BCUT2D eigenvalue weighted by atomic mass is 16.5. The van der Waals surface area contributed by atoms with Crippen molar-refractivity contribution in [2.45, 2.75) is 32.1 Å². The molecule has 39 heavy (non-hydrogen) atoms. The van der Waals surface area contributed by atoms with Crippen molar-refractivity contribution in [1.29, 1.82) is 0 Å². The van der Waals surface area contributed by atoms with Crippen LogP contribution in [0.1, 0.15) is 32.1 Å². The number of hydrogen-bond acceptors (Lipinski definition) is 5. The van der Waals surface area contributed by atoms with E-state index in [-0.39, 0.29) is 11.9 Å². The van der Waals surface area contributed by atoms with Crippen LogP contribution in [-0.2, 0) is 4.79 Å². The van der Waals surface area contributed by atoms with Crippen LogP contribution >= 0.6 is 0 Å². The van der Waals surface area contributed by atoms with Gasteiger partial charge in [0, 0.05) is 69.6 Å². The molecule has 0 bridgehead atoms. The molecule has 0 radical (unpaired) electrons. The molecule has 2 heterocycles. The number of nitrogens with one attached hydrogen (secondary N) is 2. The highest BCUT2D eigenvalue weighted by molar-refractivity contribution is 5.92. The number of fused-ring (bicyclic) bond motifs is 1. The SMILES string of the molecule is CN(C)CCN1CCN(C(=O)N(CCCCCCC(=O)NO)c2ccc(-c3ccc4cc[nH]c4c3)cc2)CC1. The zero-order chi connectivity index (χ0) is 27.6. The molecule has 0 saturated carbocycles. The number of carbonyl (C=O) groups is 2. The fourth-order valence-electron chi connectivity index (χ4n) is 5.04. The Kier molecular flexibility index (Phi) is 10.4. The monoisotopic (exact) mass is 534 g/mol. The van der Waals surface area contributed by atoms with Crippen molar-refractivity contribution in [2.75, 3.05) is 64.8 Å². The maximum atomic E-state index is 13.7. The smallest absolute Gasteiger partial charge is 0.324 e. The second-order valence-electron chi connectivity index (χ2n) is 10.6. The number of hydrogen-bond donors (Lipinski definition) is 3. The standard InChI is InChI=1S/C30H42N6O3/c1-33(2)17-18-34-19-21-35(22-20-34)30(38)36(16-6-4-3-5-7-29(37)32-39)27-12-10-24(11-13-27)26-9-8-25-14-15-31-28(25)23-26/h8-15,23,31,39H,3-7,16-22H2,1-2H3,(H,32,37). The summed E-state index contributed by atoms with van der Waals surface area (Å²) in [5, 5.41) is 9.85. The third-order valence-corrected chi connectivity index (χ3v) is 7.46. The maximum Gasteiger partial charge on any atom is 0.324 e. The van der Waals surface area contributed by atoms with Crippen LogP contribution in [-0.4, -0.2) is 96.7 Å². The summed E-state index contributed by atoms with van der Waals surface area (Å²) in [7, 11) is 4.17. The first-order chi connectivity index (χ1) is 18.9. The van der Waals surface area contributed by atoms with Crippen molar-refractivity contribution < 1.29 is 14.8 Å². The highest BCUT2D eigenvalue weighted by Crippen LogP contribution is 2.27. The summed E-state index contributed by atoms with van der Waals surface area (Å²) in [6, 6.07) is 16.8. The third-order valence-electron chi connectivity index (χ3n) is 7.46. The van der Waals surface area contributed by atoms with Crippen LogP contribution in [0.4, 0.5) is 10.5 Å². The summed E-state index contributed by atoms with van der Waals surface area (Å²) >= 11 is 0. The molecule has 3 aromatic rings. The van der Waals surface area contributed by atoms with Gasteiger partial charge in [0.2, 0.25) is 5.91 Å². The lowest BCUT2D eigenvalue weighted by atomic mass is 10.0. The molecule has 2 aromatic carbocycles. The number of benzene rings is 2. The van der Waals surface area contributed by atoms with Crippen LogP contribution in [0.5, 0.6) is 0 Å². The molecular formula is C30H42N6O3. The van der Waals surface area contributed by atoms with E-state index in [4.69, 9.17) is 5.21 Å². The zero-order valence-electron chi connectivity index (χ0n) is 23.2. The second kappa shape index (κ2) is 14.1. The second-order valence-corrected chi connectivity index (χ2v) is 10.6. The van der Waals surface area contributed by atoms with E-state index < -0.39 is 0 Å². The molecule has 3 amide bonds. The predicted octanol–water partition coefficient (Wildman–Crippen LogP) is 4.40. The summed E-state index contributed by atoms with van der Waals surface area (Å²) < 4.78 is 0. The van der Waals surface area contributed by atoms with Crippen molar-refractivity contribution in [2.24, 2.45) is 0 Å². The van der Waals surface area contributed by atoms with Crippen molar-refractivity contribution in [3.8, 4) is 11.1 Å². The molecule has 9 nitrogen and oxygen atoms in total. The Morgan fingerprint density at radius 3 is 2.33 bits per heavy atom. The fraction of sp³-hybridized carbons (Fsp3) is 0.467. The van der Waals surface area contributed by atoms with E-state index >= 15 is 0 Å². The van der Waals surface area contributed by atoms with Crippen LogP contribution in [0.2, 0.25) is 0 Å². The topological polar surface area (TPSA) is 95.2 Å². The van der Waals surface area contributed by atoms with E-state index in [0.29, 0.717) is 13.0 Å². The van der Waals surface area contributed by atoms with E-state index in [2.05, 4.69) is 65.3 Å². The van der Waals surface area contributed by atoms with Crippen LogP contribution in [0, 0.1) is 0 Å². The van der Waals surface area contributed by atoms with Gasteiger partial charge in [0.25, 0.3) is 0 Å². The number of aromatic nitrogens is 1. The van der Waals surface area contributed by atoms with Gasteiger partial charge in [0.15, 0.2) is 0 Å². The zero-order valence-corrected chi connectivity index (χ0v) is 23.2. The van der Waals surface area contributed by atoms with Gasteiger partial charge in [0.05, 0.1) is 0 Å².